The molecule has 1 heterocycles. The number of rotatable bonds is 7. The van der Waals surface area contributed by atoms with Crippen LogP contribution in [0, 0.1) is 17.8 Å². The van der Waals surface area contributed by atoms with Crippen molar-refractivity contribution < 1.29 is 34.1 Å². The van der Waals surface area contributed by atoms with E-state index >= 15 is 0 Å². The van der Waals surface area contributed by atoms with Crippen molar-refractivity contribution in [2.45, 2.75) is 213 Å². The van der Waals surface area contributed by atoms with E-state index in [4.69, 9.17) is 14.6 Å². The summed E-state index contributed by atoms with van der Waals surface area (Å²) in [5.41, 5.74) is 3.02. The summed E-state index contributed by atoms with van der Waals surface area (Å²) in [7, 11) is 0. The van der Waals surface area contributed by atoms with E-state index in [-0.39, 0.29) is 17.8 Å². The zero-order valence-corrected chi connectivity index (χ0v) is 34.1. The zero-order valence-electron chi connectivity index (χ0n) is 34.1. The molecule has 7 nitrogen and oxygen atoms in total. The molecule has 1 atom stereocenters. The fourth-order valence-corrected chi connectivity index (χ4v) is 8.67. The van der Waals surface area contributed by atoms with Crippen molar-refractivity contribution in [3.05, 3.63) is 35.5 Å². The van der Waals surface area contributed by atoms with Crippen LogP contribution in [-0.4, -0.2) is 41.0 Å². The molecule has 2 N–H and O–H groups in total. The molecule has 3 aliphatic carbocycles. The third-order valence-corrected chi connectivity index (χ3v) is 11.7. The van der Waals surface area contributed by atoms with Crippen LogP contribution in [0.3, 0.4) is 0 Å². The predicted octanol–water partition coefficient (Wildman–Crippen LogP) is 13.1. The molecule has 4 rings (SSSR count). The summed E-state index contributed by atoms with van der Waals surface area (Å²) < 4.78 is 10.2. The smallest absolute Gasteiger partial charge is 0.335 e. The molecule has 0 aromatic heterocycles. The van der Waals surface area contributed by atoms with Gasteiger partial charge in [-0.05, 0) is 83.0 Å². The van der Waals surface area contributed by atoms with Gasteiger partial charge in [0.2, 0.25) is 6.29 Å². The zero-order chi connectivity index (χ0) is 38.7. The Bertz CT molecular complexity index is 1030. The number of esters is 1. The van der Waals surface area contributed by atoms with Crippen molar-refractivity contribution in [2.24, 2.45) is 17.8 Å². The molecule has 0 aromatic carbocycles. The molecule has 4 fully saturated rings. The highest BCUT2D eigenvalue weighted by atomic mass is 16.7. The lowest BCUT2D eigenvalue weighted by molar-refractivity contribution is -0.182. The predicted molar refractivity (Wildman–Crippen MR) is 217 cm³/mol. The summed E-state index contributed by atoms with van der Waals surface area (Å²) in [5, 5.41) is 18.7. The Morgan fingerprint density at radius 2 is 0.792 bits per heavy atom. The number of carboxylic acids is 2. The first-order chi connectivity index (χ1) is 25.6. The molecular formula is C46H78O7. The van der Waals surface area contributed by atoms with Crippen molar-refractivity contribution in [1.29, 1.82) is 0 Å². The third-order valence-electron chi connectivity index (χ3n) is 11.7. The lowest BCUT2D eigenvalue weighted by Gasteiger charge is -2.34. The van der Waals surface area contributed by atoms with Crippen LogP contribution in [-0.2, 0) is 23.9 Å². The van der Waals surface area contributed by atoms with Crippen LogP contribution in [0.15, 0.2) is 35.5 Å². The summed E-state index contributed by atoms with van der Waals surface area (Å²) in [6.45, 7) is 10.4. The van der Waals surface area contributed by atoms with Gasteiger partial charge in [-0.15, -0.1) is 0 Å². The van der Waals surface area contributed by atoms with E-state index in [0.717, 1.165) is 37.7 Å². The Labute approximate surface area is 323 Å². The average Bonchev–Trinajstić information content (AvgIpc) is 3.15. The second kappa shape index (κ2) is 29.0. The lowest BCUT2D eigenvalue weighted by Crippen LogP contribution is -2.25. The SMILES string of the molecule is C=C(C)C(=O)O.C=C(C)C(=O)OC1CCCCO1.O=C(O)C(=C(C1CCCCCCCCC1)C1CCCCCCCCC1)C1CCCCCCCCC1. The molecule has 3 saturated carbocycles. The number of aliphatic carboxylic acids is 2. The Hall–Kier alpha value is -2.41. The van der Waals surface area contributed by atoms with E-state index in [1.165, 1.54) is 173 Å². The summed E-state index contributed by atoms with van der Waals surface area (Å²) >= 11 is 0. The van der Waals surface area contributed by atoms with E-state index in [2.05, 4.69) is 13.2 Å². The molecule has 53 heavy (non-hydrogen) atoms. The first kappa shape index (κ1) is 46.7. The Kier molecular flexibility index (Phi) is 25.5. The van der Waals surface area contributed by atoms with Gasteiger partial charge in [0.05, 0.1) is 6.61 Å². The Balaban J connectivity index is 0.000000442. The van der Waals surface area contributed by atoms with Gasteiger partial charge in [-0.25, -0.2) is 14.4 Å². The molecular weight excluding hydrogens is 664 g/mol. The molecule has 0 radical (unpaired) electrons. The molecule has 7 heteroatoms. The van der Waals surface area contributed by atoms with Gasteiger partial charge >= 0.3 is 17.9 Å². The Morgan fingerprint density at radius 3 is 1.08 bits per heavy atom. The lowest BCUT2D eigenvalue weighted by atomic mass is 9.71. The maximum atomic E-state index is 13.2. The van der Waals surface area contributed by atoms with Gasteiger partial charge < -0.3 is 19.7 Å². The van der Waals surface area contributed by atoms with Gasteiger partial charge in [0, 0.05) is 23.1 Å². The highest BCUT2D eigenvalue weighted by Crippen LogP contribution is 2.42. The molecule has 1 unspecified atom stereocenters. The van der Waals surface area contributed by atoms with E-state index in [9.17, 15) is 19.5 Å². The van der Waals surface area contributed by atoms with Crippen molar-refractivity contribution >= 4 is 17.9 Å². The molecule has 1 saturated heterocycles. The van der Waals surface area contributed by atoms with Crippen LogP contribution < -0.4 is 0 Å². The molecule has 1 aliphatic heterocycles. The van der Waals surface area contributed by atoms with Crippen molar-refractivity contribution in [3.63, 3.8) is 0 Å². The summed E-state index contributed by atoms with van der Waals surface area (Å²) in [6, 6.07) is 0. The van der Waals surface area contributed by atoms with Crippen LogP contribution in [0.1, 0.15) is 206 Å². The van der Waals surface area contributed by atoms with Crippen molar-refractivity contribution in [2.75, 3.05) is 6.61 Å². The average molecular weight is 743 g/mol. The van der Waals surface area contributed by atoms with Crippen molar-refractivity contribution in [1.82, 2.24) is 0 Å². The highest BCUT2D eigenvalue weighted by Gasteiger charge is 2.32. The number of carbonyl (C=O) groups is 3. The van der Waals surface area contributed by atoms with E-state index in [1.807, 2.05) is 0 Å². The molecule has 4 aliphatic rings. The van der Waals surface area contributed by atoms with E-state index < -0.39 is 11.9 Å². The fourth-order valence-electron chi connectivity index (χ4n) is 8.67. The number of allylic oxidation sites excluding steroid dienone is 1. The molecule has 0 aromatic rings. The first-order valence-electron chi connectivity index (χ1n) is 22.0. The van der Waals surface area contributed by atoms with Gasteiger partial charge in [0.1, 0.15) is 0 Å². The van der Waals surface area contributed by atoms with Crippen LogP contribution in [0.4, 0.5) is 0 Å². The minimum absolute atomic E-state index is 0.176. The normalized spacial score (nSPS) is 22.5. The van der Waals surface area contributed by atoms with Crippen LogP contribution in [0.25, 0.3) is 0 Å². The number of carbonyl (C=O) groups excluding carboxylic acids is 1. The van der Waals surface area contributed by atoms with Gasteiger partial charge in [0.25, 0.3) is 0 Å². The van der Waals surface area contributed by atoms with Crippen LogP contribution in [0.2, 0.25) is 0 Å². The maximum Gasteiger partial charge on any atom is 0.335 e. The second-order valence-electron chi connectivity index (χ2n) is 16.5. The van der Waals surface area contributed by atoms with Gasteiger partial charge in [0.15, 0.2) is 0 Å². The van der Waals surface area contributed by atoms with Crippen LogP contribution >= 0.6 is 0 Å². The van der Waals surface area contributed by atoms with Gasteiger partial charge in [-0.2, -0.15) is 0 Å². The summed E-state index contributed by atoms with van der Waals surface area (Å²) in [5.74, 6) is -0.482. The second-order valence-corrected chi connectivity index (χ2v) is 16.5. The maximum absolute atomic E-state index is 13.2. The quantitative estimate of drug-likeness (QED) is 0.197. The minimum Gasteiger partial charge on any atom is -0.478 e. The summed E-state index contributed by atoms with van der Waals surface area (Å²) in [4.78, 5) is 33.8. The topological polar surface area (TPSA) is 110 Å². The largest absolute Gasteiger partial charge is 0.478 e. The number of hydrogen-bond acceptors (Lipinski definition) is 5. The number of hydrogen-bond donors (Lipinski definition) is 2. The van der Waals surface area contributed by atoms with Crippen molar-refractivity contribution in [3.8, 4) is 0 Å². The first-order valence-corrected chi connectivity index (χ1v) is 22.0. The molecule has 0 amide bonds. The van der Waals surface area contributed by atoms with Gasteiger partial charge in [-0.3, -0.25) is 0 Å². The molecule has 0 spiro atoms. The third kappa shape index (κ3) is 20.7. The fraction of sp³-hybridized carbons (Fsp3) is 0.804. The van der Waals surface area contributed by atoms with E-state index in [0.29, 0.717) is 29.9 Å². The van der Waals surface area contributed by atoms with Gasteiger partial charge in [-0.1, -0.05) is 154 Å². The molecule has 0 bridgehead atoms. The van der Waals surface area contributed by atoms with E-state index in [1.54, 1.807) is 6.92 Å². The van der Waals surface area contributed by atoms with Crippen LogP contribution in [0.5, 0.6) is 0 Å². The minimum atomic E-state index is -0.935. The monoisotopic (exact) mass is 743 g/mol. The number of ether oxygens (including phenoxy) is 2. The number of carboxylic acid groups (broad SMARTS) is 2. The summed E-state index contributed by atoms with van der Waals surface area (Å²) in [6.07, 6.45) is 37.8. The highest BCUT2D eigenvalue weighted by molar-refractivity contribution is 5.88. The Morgan fingerprint density at radius 1 is 0.472 bits per heavy atom. The standard InChI is InChI=1S/C33H58O2.C9H14O3.C4H6O2/c34-33(35)32(30-26-20-14-8-3-9-15-21-27-30)31(28-22-16-10-4-1-5-11-17-23-28)29-24-18-12-6-2-7-13-19-25-29;1-7(2)9(10)12-8-5-3-4-6-11-8;1-3(2)4(5)6/h28-30H,1-27H2,(H,34,35);8H,1,3-6H2,2H3;1H2,2H3,(H,5,6). The molecule has 304 valence electrons.